The first-order valence-electron chi connectivity index (χ1n) is 33.0. The summed E-state index contributed by atoms with van der Waals surface area (Å²) in [5.41, 5.74) is 32.2. The second-order valence-corrected chi connectivity index (χ2v) is 28.5. The van der Waals surface area contributed by atoms with Gasteiger partial charge in [0.2, 0.25) is 0 Å². The van der Waals surface area contributed by atoms with Gasteiger partial charge in [0.1, 0.15) is 30.5 Å². The van der Waals surface area contributed by atoms with E-state index in [1.807, 2.05) is 73.7 Å². The first-order chi connectivity index (χ1) is 48.9. The van der Waals surface area contributed by atoms with E-state index in [0.717, 1.165) is 16.7 Å². The van der Waals surface area contributed by atoms with E-state index in [1.54, 1.807) is 45.0 Å². The average molecular weight is 1500 g/mol. The molecule has 39 heteroatoms. The highest BCUT2D eigenvalue weighted by atomic mass is 32.3. The zero-order valence-electron chi connectivity index (χ0n) is 56.1. The van der Waals surface area contributed by atoms with Crippen molar-refractivity contribution in [1.82, 2.24) is 0 Å². The highest BCUT2D eigenvalue weighted by Gasteiger charge is 2.53. The topological polar surface area (TPSA) is 476 Å². The summed E-state index contributed by atoms with van der Waals surface area (Å²) in [6.45, 7) is 4.38. The van der Waals surface area contributed by atoms with Crippen LogP contribution in [0.15, 0.2) is 106 Å². The lowest BCUT2D eigenvalue weighted by atomic mass is 9.88. The van der Waals surface area contributed by atoms with Crippen molar-refractivity contribution in [3.8, 4) is 12.3 Å². The van der Waals surface area contributed by atoms with Gasteiger partial charge >= 0.3 is 31.2 Å². The molecule has 3 aromatic carbocycles. The molecule has 6 unspecified atom stereocenters. The van der Waals surface area contributed by atoms with Gasteiger partial charge in [-0.05, 0) is 57.5 Å². The molecule has 6 fully saturated rings. The maximum absolute atomic E-state index is 12.3. The molecule has 0 radical (unpaired) electrons. The van der Waals surface area contributed by atoms with Gasteiger partial charge in [-0.2, -0.15) is 25.3 Å². The smallest absolute Gasteiger partial charge is 0.373 e. The molecule has 0 spiro atoms. The van der Waals surface area contributed by atoms with Crippen LogP contribution in [0.25, 0.3) is 31.3 Å². The van der Waals surface area contributed by atoms with Gasteiger partial charge in [0.15, 0.2) is 37.7 Å². The summed E-state index contributed by atoms with van der Waals surface area (Å²) in [6.07, 6.45) is -13.6. The summed E-state index contributed by atoms with van der Waals surface area (Å²) in [7, 11) is -15.2. The Labute approximate surface area is 590 Å². The van der Waals surface area contributed by atoms with Crippen LogP contribution < -0.4 is 0 Å². The Morgan fingerprint density at radius 2 is 0.804 bits per heavy atom. The predicted octanol–water partition coefficient (Wildman–Crippen LogP) is 7.55. The summed E-state index contributed by atoms with van der Waals surface area (Å²) in [5, 5.41) is 12.1. The van der Waals surface area contributed by atoms with Crippen LogP contribution in [-0.4, -0.2) is 208 Å². The van der Waals surface area contributed by atoms with Crippen molar-refractivity contribution in [2.75, 3.05) is 46.2 Å². The normalized spacial score (nSPS) is 34.6. The van der Waals surface area contributed by atoms with Crippen molar-refractivity contribution in [3.63, 3.8) is 0 Å². The summed E-state index contributed by atoms with van der Waals surface area (Å²) >= 11 is 0. The zero-order valence-corrected chi connectivity index (χ0v) is 58.5. The van der Waals surface area contributed by atoms with Gasteiger partial charge in [0.25, 0.3) is 0 Å². The van der Waals surface area contributed by atoms with Gasteiger partial charge in [0.05, 0.1) is 121 Å². The number of hydrogen-bond donors (Lipinski definition) is 3. The Hall–Kier alpha value is -5.84. The molecule has 36 nitrogen and oxygen atoms in total. The standard InChI is InChI=1S/C63H85N9O27S3/c1-6-7-17-24-82-61-55(67-70-64)38(3)58(49(94-61)34-89-100(73,74)75)98-53-26-45(84-30-42-20-13-9-14-21-42)47(32-87-53)93-63-57(69-72-66)40(5)60(51(96-63)36-91-102(79,80)81)99-54-27-46(85-31-43-22-15-10-16-23-43)48(33-88-54)92-62-56(68-71-65)39(4)59(50(95-62)35-90-101(76,77)78)97-52-25-44(37(2)28-86-52)83-29-41-18-11-8-12-19-41/h1,8-16,18-23,37-40,44-63H,7,17,24-36H2,2-5H3,(H,73,74,75)(H,76,77,78)(H,79,80,81)/t37-,38-,39-,40-,44+,45+,46+,47-,48-,49?,50?,51?,52+,53+,54+,55?,56?,57?,58+,59+,60+,61-,62-,63-/m1/s1. The van der Waals surface area contributed by atoms with Gasteiger partial charge in [0, 0.05) is 46.3 Å². The Bertz CT molecular complexity index is 3660. The molecule has 6 saturated heterocycles. The molecule has 6 aliphatic heterocycles. The van der Waals surface area contributed by atoms with E-state index in [-0.39, 0.29) is 70.9 Å². The van der Waals surface area contributed by atoms with Gasteiger partial charge in [-0.15, -0.1) is 12.3 Å². The zero-order chi connectivity index (χ0) is 73.0. The van der Waals surface area contributed by atoms with Gasteiger partial charge in [-0.1, -0.05) is 134 Å². The molecule has 0 bridgehead atoms. The van der Waals surface area contributed by atoms with Crippen molar-refractivity contribution in [2.24, 2.45) is 39.0 Å². The van der Waals surface area contributed by atoms with Gasteiger partial charge in [-0.25, -0.2) is 12.5 Å². The number of terminal acetylenes is 1. The molecule has 24 atom stereocenters. The number of hydrogen-bond acceptors (Lipinski definition) is 27. The third kappa shape index (κ3) is 23.8. The van der Waals surface area contributed by atoms with Crippen molar-refractivity contribution < 1.29 is 123 Å². The Kier molecular flexibility index (Phi) is 30.2. The number of azide groups is 3. The SMILES string of the molecule is C#CCCCO[C@@H]1OC(COS(=O)(=O)O)[C@@H](O[C@H]2C[C@H](OCc3ccccc3)[C@H](O[C@@H]3OC(COS(=O)(=O)O)[C@@H](O[C@H]4C[C@H](OCc5ccccc5)[C@H](O[C@@H]5OC(COS(=O)(=O)O)[C@@H](O[C@H]6C[C@H](OCc7ccccc7)[C@H](C)CO6)[C@H](C)C5N=[N+]=[N-])CO4)[C@H](C)C3N=[N+]=[N-])CO2)[C@H](C)C1N=[N+]=[N-]. The van der Waals surface area contributed by atoms with Crippen molar-refractivity contribution in [1.29, 1.82) is 0 Å². The van der Waals surface area contributed by atoms with E-state index in [9.17, 15) is 55.5 Å². The van der Waals surface area contributed by atoms with E-state index in [2.05, 4.69) is 36.0 Å². The second kappa shape index (κ2) is 38.4. The molecular formula is C63H85N9O27S3. The molecule has 3 N–H and O–H groups in total. The number of ether oxygens (including phenoxy) is 15. The largest absolute Gasteiger partial charge is 0.397 e. The second-order valence-electron chi connectivity index (χ2n) is 25.2. The van der Waals surface area contributed by atoms with Crippen LogP contribution in [0.2, 0.25) is 0 Å². The quantitative estimate of drug-likeness (QED) is 0.0128. The number of benzene rings is 3. The van der Waals surface area contributed by atoms with Crippen molar-refractivity contribution in [2.45, 2.75) is 203 Å². The molecule has 6 aliphatic rings. The van der Waals surface area contributed by atoms with E-state index < -0.39 is 186 Å². The highest BCUT2D eigenvalue weighted by Crippen LogP contribution is 2.41. The third-order valence-corrected chi connectivity index (χ3v) is 19.4. The van der Waals surface area contributed by atoms with Crippen LogP contribution in [0.3, 0.4) is 0 Å². The molecule has 562 valence electrons. The molecular weight excluding hydrogens is 1410 g/mol. The van der Waals surface area contributed by atoms with Gasteiger partial charge < -0.3 is 71.1 Å². The van der Waals surface area contributed by atoms with Crippen LogP contribution in [0.4, 0.5) is 0 Å². The van der Waals surface area contributed by atoms with E-state index >= 15 is 0 Å². The van der Waals surface area contributed by atoms with Crippen molar-refractivity contribution in [3.05, 3.63) is 139 Å². The minimum absolute atomic E-state index is 0.000806. The number of nitrogens with zero attached hydrogens (tertiary/aromatic N) is 9. The van der Waals surface area contributed by atoms with Crippen molar-refractivity contribution >= 4 is 31.2 Å². The fraction of sp³-hybridized carbons (Fsp3) is 0.683. The molecule has 102 heavy (non-hydrogen) atoms. The molecule has 0 saturated carbocycles. The van der Waals surface area contributed by atoms with Crippen LogP contribution >= 0.6 is 0 Å². The van der Waals surface area contributed by atoms with Crippen LogP contribution in [0.1, 0.15) is 76.5 Å². The summed E-state index contributed by atoms with van der Waals surface area (Å²) < 4.78 is 213. The van der Waals surface area contributed by atoms with Crippen LogP contribution in [-0.2, 0) is 135 Å². The number of unbranched alkanes of at least 4 members (excludes halogenated alkanes) is 1. The molecule has 6 heterocycles. The predicted molar refractivity (Wildman–Crippen MR) is 350 cm³/mol. The Balaban J connectivity index is 0.928. The maximum atomic E-state index is 12.3. The van der Waals surface area contributed by atoms with E-state index in [1.165, 1.54) is 0 Å². The lowest BCUT2D eigenvalue weighted by Gasteiger charge is -2.48. The minimum Gasteiger partial charge on any atom is -0.373 e. The molecule has 0 aliphatic carbocycles. The van der Waals surface area contributed by atoms with Crippen LogP contribution in [0.5, 0.6) is 0 Å². The Morgan fingerprint density at radius 3 is 1.16 bits per heavy atom. The maximum Gasteiger partial charge on any atom is 0.397 e. The fourth-order valence-corrected chi connectivity index (χ4v) is 13.8. The number of rotatable bonds is 35. The van der Waals surface area contributed by atoms with Gasteiger partial charge in [-0.3, -0.25) is 13.7 Å². The molecule has 0 aromatic heterocycles. The monoisotopic (exact) mass is 1500 g/mol. The molecule has 3 aromatic rings. The average Bonchev–Trinajstić information content (AvgIpc) is 0.787. The first kappa shape index (κ1) is 80.3. The first-order valence-corrected chi connectivity index (χ1v) is 37.1. The minimum atomic E-state index is -5.17. The fourth-order valence-electron chi connectivity index (χ4n) is 12.8. The summed E-state index contributed by atoms with van der Waals surface area (Å²) in [5.74, 6) is -0.131. The highest BCUT2D eigenvalue weighted by molar-refractivity contribution is 7.81. The third-order valence-electron chi connectivity index (χ3n) is 18.1. The lowest BCUT2D eigenvalue weighted by molar-refractivity contribution is -0.343. The lowest BCUT2D eigenvalue weighted by Crippen LogP contribution is -2.60. The van der Waals surface area contributed by atoms with E-state index in [0.29, 0.717) is 19.4 Å². The van der Waals surface area contributed by atoms with Crippen LogP contribution in [0, 0.1) is 36.0 Å². The molecule has 0 amide bonds. The van der Waals surface area contributed by atoms with E-state index in [4.69, 9.17) is 90.0 Å². The summed E-state index contributed by atoms with van der Waals surface area (Å²) in [6, 6.07) is 24.1. The molecule has 9 rings (SSSR count). The Morgan fingerprint density at radius 1 is 0.471 bits per heavy atom. The summed E-state index contributed by atoms with van der Waals surface area (Å²) in [4.78, 5) is 9.20.